The summed E-state index contributed by atoms with van der Waals surface area (Å²) in [6, 6.07) is 5.48. The fourth-order valence-electron chi connectivity index (χ4n) is 2.31. The molecule has 5 nitrogen and oxygen atoms in total. The molecule has 1 aromatic carbocycles. The SMILES string of the molecule is C=C(C)CN(CC)CC(=O)Nc1ccc2c(c1)OCCCO2. The standard InChI is InChI=1S/C17H24N2O3/c1-4-19(11-13(2)3)12-17(20)18-14-6-7-15-16(10-14)22-9-5-8-21-15/h6-7,10H,2,4-5,8-9,11-12H2,1,3H3,(H,18,20). The average Bonchev–Trinajstić information content (AvgIpc) is 2.70. The fourth-order valence-corrected chi connectivity index (χ4v) is 2.31. The molecule has 0 aromatic heterocycles. The summed E-state index contributed by atoms with van der Waals surface area (Å²) in [4.78, 5) is 14.2. The van der Waals surface area contributed by atoms with E-state index < -0.39 is 0 Å². The van der Waals surface area contributed by atoms with E-state index in [-0.39, 0.29) is 5.91 Å². The Labute approximate surface area is 131 Å². The zero-order valence-corrected chi connectivity index (χ0v) is 13.4. The highest BCUT2D eigenvalue weighted by atomic mass is 16.5. The molecule has 0 unspecified atom stereocenters. The number of carbonyl (C=O) groups is 1. The molecule has 5 heteroatoms. The zero-order chi connectivity index (χ0) is 15.9. The lowest BCUT2D eigenvalue weighted by Crippen LogP contribution is -2.34. The van der Waals surface area contributed by atoms with Crippen molar-refractivity contribution in [2.75, 3.05) is 38.2 Å². The highest BCUT2D eigenvalue weighted by Crippen LogP contribution is 2.32. The Hall–Kier alpha value is -2.01. The van der Waals surface area contributed by atoms with Crippen LogP contribution in [0.4, 0.5) is 5.69 Å². The molecule has 22 heavy (non-hydrogen) atoms. The smallest absolute Gasteiger partial charge is 0.238 e. The number of hydrogen-bond acceptors (Lipinski definition) is 4. The lowest BCUT2D eigenvalue weighted by Gasteiger charge is -2.20. The Morgan fingerprint density at radius 2 is 2.00 bits per heavy atom. The summed E-state index contributed by atoms with van der Waals surface area (Å²) in [5.41, 5.74) is 1.77. The summed E-state index contributed by atoms with van der Waals surface area (Å²) < 4.78 is 11.2. The second kappa shape index (κ2) is 7.84. The molecule has 1 aliphatic heterocycles. The Bertz CT molecular complexity index is 543. The summed E-state index contributed by atoms with van der Waals surface area (Å²) in [5.74, 6) is 1.37. The molecule has 1 aromatic rings. The maximum Gasteiger partial charge on any atom is 0.238 e. The Balaban J connectivity index is 1.96. The monoisotopic (exact) mass is 304 g/mol. The van der Waals surface area contributed by atoms with Gasteiger partial charge in [0.15, 0.2) is 11.5 Å². The molecule has 1 heterocycles. The first kappa shape index (κ1) is 16.4. The van der Waals surface area contributed by atoms with Crippen molar-refractivity contribution in [2.45, 2.75) is 20.3 Å². The fraction of sp³-hybridized carbons (Fsp3) is 0.471. The van der Waals surface area contributed by atoms with Gasteiger partial charge in [-0.2, -0.15) is 0 Å². The van der Waals surface area contributed by atoms with Crippen LogP contribution in [-0.2, 0) is 4.79 Å². The molecule has 1 amide bonds. The Morgan fingerprint density at radius 3 is 2.68 bits per heavy atom. The van der Waals surface area contributed by atoms with E-state index in [4.69, 9.17) is 9.47 Å². The summed E-state index contributed by atoms with van der Waals surface area (Å²) >= 11 is 0. The van der Waals surface area contributed by atoms with Crippen LogP contribution in [-0.4, -0.2) is 43.7 Å². The van der Waals surface area contributed by atoms with Crippen LogP contribution in [0.1, 0.15) is 20.3 Å². The van der Waals surface area contributed by atoms with Gasteiger partial charge in [-0.05, 0) is 25.6 Å². The van der Waals surface area contributed by atoms with Crippen molar-refractivity contribution in [1.82, 2.24) is 4.90 Å². The highest BCUT2D eigenvalue weighted by molar-refractivity contribution is 5.92. The van der Waals surface area contributed by atoms with Crippen molar-refractivity contribution in [3.05, 3.63) is 30.4 Å². The molecule has 2 rings (SSSR count). The van der Waals surface area contributed by atoms with Gasteiger partial charge in [0.2, 0.25) is 5.91 Å². The van der Waals surface area contributed by atoms with E-state index in [1.807, 2.05) is 36.9 Å². The molecule has 0 fully saturated rings. The number of ether oxygens (including phenoxy) is 2. The van der Waals surface area contributed by atoms with Crippen molar-refractivity contribution in [2.24, 2.45) is 0 Å². The predicted molar refractivity (Wildman–Crippen MR) is 87.6 cm³/mol. The molecular weight excluding hydrogens is 280 g/mol. The molecule has 0 atom stereocenters. The third kappa shape index (κ3) is 4.77. The van der Waals surface area contributed by atoms with Gasteiger partial charge in [0, 0.05) is 24.7 Å². The molecule has 0 spiro atoms. The van der Waals surface area contributed by atoms with Crippen LogP contribution in [0.15, 0.2) is 30.4 Å². The van der Waals surface area contributed by atoms with E-state index in [9.17, 15) is 4.79 Å². The Kier molecular flexibility index (Phi) is 5.83. The first-order valence-electron chi connectivity index (χ1n) is 7.64. The largest absolute Gasteiger partial charge is 0.490 e. The Morgan fingerprint density at radius 1 is 1.27 bits per heavy atom. The number of carbonyl (C=O) groups excluding carboxylic acids is 1. The third-order valence-electron chi connectivity index (χ3n) is 3.34. The maximum atomic E-state index is 12.1. The molecule has 0 saturated carbocycles. The molecule has 0 radical (unpaired) electrons. The molecule has 0 saturated heterocycles. The molecule has 1 aliphatic rings. The maximum absolute atomic E-state index is 12.1. The number of amides is 1. The van der Waals surface area contributed by atoms with E-state index >= 15 is 0 Å². The number of nitrogens with zero attached hydrogens (tertiary/aromatic N) is 1. The molecule has 1 N–H and O–H groups in total. The minimum atomic E-state index is -0.0439. The van der Waals surface area contributed by atoms with E-state index in [2.05, 4.69) is 11.9 Å². The number of likely N-dealkylation sites (N-methyl/N-ethyl adjacent to an activating group) is 1. The van der Waals surface area contributed by atoms with Gasteiger partial charge in [0.05, 0.1) is 19.8 Å². The number of fused-ring (bicyclic) bond motifs is 1. The van der Waals surface area contributed by atoms with Crippen LogP contribution < -0.4 is 14.8 Å². The van der Waals surface area contributed by atoms with Crippen molar-refractivity contribution in [3.63, 3.8) is 0 Å². The summed E-state index contributed by atoms with van der Waals surface area (Å²) in [7, 11) is 0. The molecule has 0 bridgehead atoms. The summed E-state index contributed by atoms with van der Waals surface area (Å²) in [6.45, 7) is 11.1. The van der Waals surface area contributed by atoms with Crippen molar-refractivity contribution < 1.29 is 14.3 Å². The van der Waals surface area contributed by atoms with Crippen LogP contribution in [0.2, 0.25) is 0 Å². The van der Waals surface area contributed by atoms with Gasteiger partial charge in [-0.25, -0.2) is 0 Å². The summed E-state index contributed by atoms with van der Waals surface area (Å²) in [6.07, 6.45) is 0.864. The van der Waals surface area contributed by atoms with Gasteiger partial charge in [-0.15, -0.1) is 0 Å². The second-order valence-corrected chi connectivity index (χ2v) is 5.52. The average molecular weight is 304 g/mol. The second-order valence-electron chi connectivity index (χ2n) is 5.52. The van der Waals surface area contributed by atoms with Crippen LogP contribution in [0.3, 0.4) is 0 Å². The number of nitrogens with one attached hydrogen (secondary N) is 1. The van der Waals surface area contributed by atoms with E-state index in [1.165, 1.54) is 0 Å². The summed E-state index contributed by atoms with van der Waals surface area (Å²) in [5, 5.41) is 2.90. The van der Waals surface area contributed by atoms with Crippen molar-refractivity contribution >= 4 is 11.6 Å². The van der Waals surface area contributed by atoms with E-state index in [0.717, 1.165) is 36.5 Å². The predicted octanol–water partition coefficient (Wildman–Crippen LogP) is 2.68. The quantitative estimate of drug-likeness (QED) is 0.821. The van der Waals surface area contributed by atoms with Gasteiger partial charge in [0.25, 0.3) is 0 Å². The van der Waals surface area contributed by atoms with Crippen molar-refractivity contribution in [3.8, 4) is 11.5 Å². The number of hydrogen-bond donors (Lipinski definition) is 1. The van der Waals surface area contributed by atoms with Gasteiger partial charge in [0.1, 0.15) is 0 Å². The van der Waals surface area contributed by atoms with Crippen LogP contribution in [0.25, 0.3) is 0 Å². The van der Waals surface area contributed by atoms with Crippen molar-refractivity contribution in [1.29, 1.82) is 0 Å². The van der Waals surface area contributed by atoms with Gasteiger partial charge >= 0.3 is 0 Å². The first-order chi connectivity index (χ1) is 10.6. The lowest BCUT2D eigenvalue weighted by molar-refractivity contribution is -0.117. The number of rotatable bonds is 6. The number of anilines is 1. The van der Waals surface area contributed by atoms with E-state index in [0.29, 0.717) is 25.5 Å². The topological polar surface area (TPSA) is 50.8 Å². The highest BCUT2D eigenvalue weighted by Gasteiger charge is 2.13. The van der Waals surface area contributed by atoms with Gasteiger partial charge in [-0.3, -0.25) is 9.69 Å². The third-order valence-corrected chi connectivity index (χ3v) is 3.34. The lowest BCUT2D eigenvalue weighted by atomic mass is 10.2. The normalized spacial score (nSPS) is 13.6. The molecule has 0 aliphatic carbocycles. The van der Waals surface area contributed by atoms with Gasteiger partial charge in [-0.1, -0.05) is 19.1 Å². The minimum absolute atomic E-state index is 0.0439. The van der Waals surface area contributed by atoms with Crippen LogP contribution in [0, 0.1) is 0 Å². The van der Waals surface area contributed by atoms with Crippen LogP contribution >= 0.6 is 0 Å². The molecule has 120 valence electrons. The minimum Gasteiger partial charge on any atom is -0.490 e. The molecular formula is C17H24N2O3. The zero-order valence-electron chi connectivity index (χ0n) is 13.4. The van der Waals surface area contributed by atoms with Crippen LogP contribution in [0.5, 0.6) is 11.5 Å². The van der Waals surface area contributed by atoms with Gasteiger partial charge < -0.3 is 14.8 Å². The van der Waals surface area contributed by atoms with E-state index in [1.54, 1.807) is 0 Å². The number of benzene rings is 1. The first-order valence-corrected chi connectivity index (χ1v) is 7.64.